The van der Waals surface area contributed by atoms with Crippen LogP contribution in [0.3, 0.4) is 0 Å². The van der Waals surface area contributed by atoms with Crippen molar-refractivity contribution in [1.82, 2.24) is 14.8 Å². The lowest BCUT2D eigenvalue weighted by molar-refractivity contribution is 0.579. The van der Waals surface area contributed by atoms with Gasteiger partial charge in [0, 0.05) is 31.1 Å². The zero-order chi connectivity index (χ0) is 26.5. The van der Waals surface area contributed by atoms with Crippen LogP contribution in [0.2, 0.25) is 0 Å². The van der Waals surface area contributed by atoms with E-state index in [1.807, 2.05) is 44.6 Å². The van der Waals surface area contributed by atoms with E-state index in [1.165, 1.54) is 22.3 Å². The van der Waals surface area contributed by atoms with Crippen LogP contribution in [-0.4, -0.2) is 14.8 Å². The van der Waals surface area contributed by atoms with Gasteiger partial charge < -0.3 is 0 Å². The number of halogens is 1. The van der Waals surface area contributed by atoms with Gasteiger partial charge in [0.25, 0.3) is 0 Å². The summed E-state index contributed by atoms with van der Waals surface area (Å²) in [5.74, 6) is 0.842. The van der Waals surface area contributed by atoms with Crippen LogP contribution in [0.4, 0.5) is 4.39 Å². The van der Waals surface area contributed by atoms with Gasteiger partial charge in [0.15, 0.2) is 0 Å². The Morgan fingerprint density at radius 2 is 1.74 bits per heavy atom. The molecule has 0 aliphatic heterocycles. The number of pyridine rings is 1. The molecule has 0 aromatic carbocycles. The number of nitrogens with zero attached hydrogens (tertiary/aromatic N) is 3. The second-order valence-electron chi connectivity index (χ2n) is 9.52. The fraction of sp³-hybridized carbons (Fsp3) is 0.484. The first-order valence-corrected chi connectivity index (χ1v) is 13.0. The standard InChI is InChI=1S/C17H18FN.C8H12N2.C4H10.C2H6/c1-11-3-6-16(18)9-17(11)14-5-4-13-7-12(2)19-10-15(13)8-14;1-4-10-8(7(2)3)5-6-9-10;1-4(2)3;1-2/h7-10H,3-6H2,1-2H3;5-6H,2,4H2,1,3H3;4H,1-3H3;1-2H3. The molecule has 0 atom stereocenters. The molecule has 2 aliphatic carbocycles. The lowest BCUT2D eigenvalue weighted by Gasteiger charge is -2.21. The normalized spacial score (nSPS) is 14.3. The molecular formula is C31H46FN3. The maximum Gasteiger partial charge on any atom is 0.101 e. The first-order chi connectivity index (χ1) is 16.6. The highest BCUT2D eigenvalue weighted by atomic mass is 19.1. The van der Waals surface area contributed by atoms with Crippen LogP contribution >= 0.6 is 0 Å². The summed E-state index contributed by atoms with van der Waals surface area (Å²) in [5, 5.41) is 4.11. The average Bonchev–Trinajstić information content (AvgIpc) is 3.31. The second-order valence-corrected chi connectivity index (χ2v) is 9.52. The van der Waals surface area contributed by atoms with Crippen LogP contribution in [0, 0.1) is 12.8 Å². The third kappa shape index (κ3) is 9.79. The predicted molar refractivity (Wildman–Crippen MR) is 151 cm³/mol. The van der Waals surface area contributed by atoms with Gasteiger partial charge in [-0.3, -0.25) is 9.67 Å². The summed E-state index contributed by atoms with van der Waals surface area (Å²) in [7, 11) is 0. The van der Waals surface area contributed by atoms with Gasteiger partial charge in [0.2, 0.25) is 0 Å². The smallest absolute Gasteiger partial charge is 0.101 e. The highest BCUT2D eigenvalue weighted by Gasteiger charge is 2.18. The quantitative estimate of drug-likeness (QED) is 0.439. The van der Waals surface area contributed by atoms with Gasteiger partial charge in [-0.25, -0.2) is 4.39 Å². The zero-order valence-corrected chi connectivity index (χ0v) is 23.5. The van der Waals surface area contributed by atoms with Gasteiger partial charge in [0.1, 0.15) is 5.83 Å². The van der Waals surface area contributed by atoms with Crippen molar-refractivity contribution < 1.29 is 4.39 Å². The second kappa shape index (κ2) is 15.3. The summed E-state index contributed by atoms with van der Waals surface area (Å²) >= 11 is 0. The number of aryl methyl sites for hydroxylation is 3. The van der Waals surface area contributed by atoms with E-state index >= 15 is 0 Å². The van der Waals surface area contributed by atoms with Gasteiger partial charge in [-0.15, -0.1) is 0 Å². The van der Waals surface area contributed by atoms with Crippen LogP contribution in [0.1, 0.15) is 97.2 Å². The molecule has 4 rings (SSSR count). The molecule has 0 saturated heterocycles. The summed E-state index contributed by atoms with van der Waals surface area (Å²) < 4.78 is 15.4. The molecular weight excluding hydrogens is 433 g/mol. The molecule has 4 heteroatoms. The molecule has 192 valence electrons. The zero-order valence-electron chi connectivity index (χ0n) is 23.5. The molecule has 0 radical (unpaired) electrons. The molecule has 2 heterocycles. The molecule has 2 aromatic rings. The molecule has 2 aromatic heterocycles. The Morgan fingerprint density at radius 3 is 2.31 bits per heavy atom. The monoisotopic (exact) mass is 479 g/mol. The van der Waals surface area contributed by atoms with Crippen molar-refractivity contribution in [2.45, 2.75) is 94.5 Å². The Morgan fingerprint density at radius 1 is 1.09 bits per heavy atom. The predicted octanol–water partition coefficient (Wildman–Crippen LogP) is 9.31. The number of allylic oxidation sites excluding steroid dienone is 6. The minimum atomic E-state index is 0.00864. The van der Waals surface area contributed by atoms with Crippen LogP contribution in [0.25, 0.3) is 11.6 Å². The van der Waals surface area contributed by atoms with E-state index in [-0.39, 0.29) is 5.83 Å². The van der Waals surface area contributed by atoms with Crippen molar-refractivity contribution in [2.75, 3.05) is 0 Å². The highest BCUT2D eigenvalue weighted by molar-refractivity contribution is 5.66. The number of fused-ring (bicyclic) bond motifs is 1. The first kappa shape index (κ1) is 30.3. The Bertz CT molecular complexity index is 1050. The van der Waals surface area contributed by atoms with Crippen molar-refractivity contribution in [3.8, 4) is 0 Å². The van der Waals surface area contributed by atoms with Crippen molar-refractivity contribution in [2.24, 2.45) is 5.92 Å². The van der Waals surface area contributed by atoms with E-state index in [0.29, 0.717) is 6.42 Å². The van der Waals surface area contributed by atoms with Gasteiger partial charge >= 0.3 is 0 Å². The molecule has 0 bridgehead atoms. The Hall–Kier alpha value is -2.75. The summed E-state index contributed by atoms with van der Waals surface area (Å²) in [4.78, 5) is 4.36. The molecule has 0 spiro atoms. The summed E-state index contributed by atoms with van der Waals surface area (Å²) in [5.41, 5.74) is 9.47. The summed E-state index contributed by atoms with van der Waals surface area (Å²) in [6.07, 6.45) is 11.0. The average molecular weight is 480 g/mol. The fourth-order valence-electron chi connectivity index (χ4n) is 3.82. The lowest BCUT2D eigenvalue weighted by atomic mass is 9.85. The number of hydrogen-bond donors (Lipinski definition) is 0. The van der Waals surface area contributed by atoms with Gasteiger partial charge in [-0.05, 0) is 105 Å². The van der Waals surface area contributed by atoms with E-state index in [9.17, 15) is 4.39 Å². The maximum absolute atomic E-state index is 13.5. The molecule has 35 heavy (non-hydrogen) atoms. The van der Waals surface area contributed by atoms with Gasteiger partial charge in [0.05, 0.1) is 5.69 Å². The van der Waals surface area contributed by atoms with E-state index in [0.717, 1.165) is 54.3 Å². The largest absolute Gasteiger partial charge is 0.266 e. The minimum Gasteiger partial charge on any atom is -0.266 e. The Kier molecular flexibility index (Phi) is 13.2. The van der Waals surface area contributed by atoms with Crippen LogP contribution in [0.15, 0.2) is 59.7 Å². The van der Waals surface area contributed by atoms with Crippen LogP contribution in [0.5, 0.6) is 0 Å². The molecule has 0 amide bonds. The number of hydrogen-bond acceptors (Lipinski definition) is 2. The van der Waals surface area contributed by atoms with Crippen molar-refractivity contribution in [3.63, 3.8) is 0 Å². The molecule has 2 aliphatic rings. The lowest BCUT2D eigenvalue weighted by Crippen LogP contribution is -2.05. The highest BCUT2D eigenvalue weighted by Crippen LogP contribution is 2.35. The third-order valence-corrected chi connectivity index (χ3v) is 5.45. The molecule has 0 N–H and O–H groups in total. The maximum atomic E-state index is 13.5. The molecule has 0 saturated carbocycles. The van der Waals surface area contributed by atoms with Crippen molar-refractivity contribution in [1.29, 1.82) is 0 Å². The summed E-state index contributed by atoms with van der Waals surface area (Å²) in [6, 6.07) is 4.13. The topological polar surface area (TPSA) is 30.7 Å². The molecule has 0 unspecified atom stereocenters. The Labute approximate surface area is 213 Å². The number of rotatable bonds is 3. The van der Waals surface area contributed by atoms with Gasteiger partial charge in [-0.1, -0.05) is 46.8 Å². The van der Waals surface area contributed by atoms with Crippen molar-refractivity contribution in [3.05, 3.63) is 82.2 Å². The van der Waals surface area contributed by atoms with E-state index in [1.54, 1.807) is 12.3 Å². The number of aromatic nitrogens is 3. The van der Waals surface area contributed by atoms with E-state index < -0.39 is 0 Å². The minimum absolute atomic E-state index is 0.00864. The van der Waals surface area contributed by atoms with Crippen LogP contribution < -0.4 is 0 Å². The third-order valence-electron chi connectivity index (χ3n) is 5.45. The molecule has 0 fully saturated rings. The van der Waals surface area contributed by atoms with E-state index in [2.05, 4.69) is 63.4 Å². The summed E-state index contributed by atoms with van der Waals surface area (Å²) in [6.45, 7) is 23.4. The first-order valence-electron chi connectivity index (χ1n) is 13.0. The van der Waals surface area contributed by atoms with Crippen LogP contribution in [-0.2, 0) is 13.0 Å². The Balaban J connectivity index is 0.000000322. The van der Waals surface area contributed by atoms with Gasteiger partial charge in [-0.2, -0.15) is 5.10 Å². The fourth-order valence-corrected chi connectivity index (χ4v) is 3.82. The molecule has 3 nitrogen and oxygen atoms in total. The van der Waals surface area contributed by atoms with E-state index in [4.69, 9.17) is 0 Å². The SMILES string of the molecule is C=C(C)c1ccnn1CC.CC.CC(C)C.CC1=C(C2=Cc3cnc(C)cc3CC2)C=C(F)CC1. The van der Waals surface area contributed by atoms with Crippen molar-refractivity contribution >= 4 is 11.6 Å².